The number of likely N-dealkylation sites (tertiary alicyclic amines) is 1. The van der Waals surface area contributed by atoms with Gasteiger partial charge in [0.25, 0.3) is 0 Å². The van der Waals surface area contributed by atoms with E-state index in [4.69, 9.17) is 5.73 Å². The molecule has 2 atom stereocenters. The van der Waals surface area contributed by atoms with Crippen molar-refractivity contribution >= 4 is 11.8 Å². The summed E-state index contributed by atoms with van der Waals surface area (Å²) in [5, 5.41) is 0. The van der Waals surface area contributed by atoms with Crippen LogP contribution in [0.3, 0.4) is 0 Å². The van der Waals surface area contributed by atoms with E-state index in [1.54, 1.807) is 4.90 Å². The fourth-order valence-corrected chi connectivity index (χ4v) is 2.76. The number of nitrogens with zero attached hydrogens (tertiary/aromatic N) is 1. The van der Waals surface area contributed by atoms with Crippen LogP contribution in [0.4, 0.5) is 0 Å². The van der Waals surface area contributed by atoms with Gasteiger partial charge < -0.3 is 10.6 Å². The quantitative estimate of drug-likeness (QED) is 0.893. The third-order valence-corrected chi connectivity index (χ3v) is 3.76. The summed E-state index contributed by atoms with van der Waals surface area (Å²) in [5.74, 6) is -0.223. The first kappa shape index (κ1) is 13.6. The van der Waals surface area contributed by atoms with Crippen molar-refractivity contribution in [2.45, 2.75) is 38.6 Å². The second-order valence-electron chi connectivity index (χ2n) is 5.19. The Kier molecular flexibility index (Phi) is 3.88. The van der Waals surface area contributed by atoms with Crippen molar-refractivity contribution in [3.8, 4) is 0 Å². The normalized spacial score (nSPS) is 20.6. The molecule has 2 N–H and O–H groups in total. The van der Waals surface area contributed by atoms with Crippen LogP contribution in [0.1, 0.15) is 36.8 Å². The van der Waals surface area contributed by atoms with Crippen LogP contribution in [-0.2, 0) is 9.59 Å². The monoisotopic (exact) mass is 260 g/mol. The molecule has 1 heterocycles. The van der Waals surface area contributed by atoms with Crippen LogP contribution in [0, 0.1) is 6.92 Å². The van der Waals surface area contributed by atoms with Crippen LogP contribution >= 0.6 is 0 Å². The molecule has 2 unspecified atom stereocenters. The molecule has 1 aromatic rings. The number of rotatable bonds is 4. The highest BCUT2D eigenvalue weighted by molar-refractivity contribution is 5.88. The lowest BCUT2D eigenvalue weighted by Gasteiger charge is -2.24. The van der Waals surface area contributed by atoms with E-state index in [0.29, 0.717) is 19.4 Å². The highest BCUT2D eigenvalue weighted by Gasteiger charge is 2.36. The van der Waals surface area contributed by atoms with E-state index in [-0.39, 0.29) is 11.8 Å². The smallest absolute Gasteiger partial charge is 0.240 e. The van der Waals surface area contributed by atoms with Gasteiger partial charge in [-0.2, -0.15) is 0 Å². The van der Waals surface area contributed by atoms with E-state index in [0.717, 1.165) is 5.56 Å². The molecule has 2 amide bonds. The van der Waals surface area contributed by atoms with Gasteiger partial charge in [0.1, 0.15) is 6.04 Å². The first-order chi connectivity index (χ1) is 9.02. The minimum Gasteiger partial charge on any atom is -0.368 e. The first-order valence-electron chi connectivity index (χ1n) is 6.68. The van der Waals surface area contributed by atoms with Crippen LogP contribution in [0.2, 0.25) is 0 Å². The summed E-state index contributed by atoms with van der Waals surface area (Å²) in [5.41, 5.74) is 7.71. The van der Waals surface area contributed by atoms with Gasteiger partial charge >= 0.3 is 0 Å². The van der Waals surface area contributed by atoms with Crippen molar-refractivity contribution in [3.05, 3.63) is 35.4 Å². The molecule has 0 radical (unpaired) electrons. The molecule has 4 nitrogen and oxygen atoms in total. The predicted molar refractivity (Wildman–Crippen MR) is 73.5 cm³/mol. The number of benzene rings is 1. The molecule has 0 aromatic heterocycles. The Labute approximate surface area is 113 Å². The van der Waals surface area contributed by atoms with E-state index in [9.17, 15) is 9.59 Å². The zero-order chi connectivity index (χ0) is 14.0. The number of carbonyl (C=O) groups excluding carboxylic acids is 2. The van der Waals surface area contributed by atoms with Gasteiger partial charge in [-0.25, -0.2) is 0 Å². The summed E-state index contributed by atoms with van der Waals surface area (Å²) in [6.45, 7) is 4.50. The third-order valence-electron chi connectivity index (χ3n) is 3.76. The molecular weight excluding hydrogens is 240 g/mol. The zero-order valence-electron chi connectivity index (χ0n) is 11.4. The van der Waals surface area contributed by atoms with E-state index < -0.39 is 11.9 Å². The van der Waals surface area contributed by atoms with Crippen molar-refractivity contribution in [3.63, 3.8) is 0 Å². The summed E-state index contributed by atoms with van der Waals surface area (Å²) in [6.07, 6.45) is 1.04. The number of primary amides is 1. The van der Waals surface area contributed by atoms with Gasteiger partial charge in [0.2, 0.25) is 11.8 Å². The second-order valence-corrected chi connectivity index (χ2v) is 5.19. The van der Waals surface area contributed by atoms with Crippen LogP contribution in [-0.4, -0.2) is 29.3 Å². The summed E-state index contributed by atoms with van der Waals surface area (Å²) >= 11 is 0. The SMILES string of the molecule is CCC(C(N)=O)N1CC(c2cccc(C)c2)CC1=O. The van der Waals surface area contributed by atoms with Gasteiger partial charge in [-0.3, -0.25) is 9.59 Å². The summed E-state index contributed by atoms with van der Waals surface area (Å²) < 4.78 is 0. The van der Waals surface area contributed by atoms with E-state index >= 15 is 0 Å². The zero-order valence-corrected chi connectivity index (χ0v) is 11.4. The molecule has 0 saturated carbocycles. The highest BCUT2D eigenvalue weighted by Crippen LogP contribution is 2.30. The molecule has 1 saturated heterocycles. The number of aryl methyl sites for hydroxylation is 1. The average Bonchev–Trinajstić information content (AvgIpc) is 2.72. The lowest BCUT2D eigenvalue weighted by Crippen LogP contribution is -2.45. The molecule has 0 bridgehead atoms. The number of hydrogen-bond donors (Lipinski definition) is 1. The van der Waals surface area contributed by atoms with Gasteiger partial charge in [0, 0.05) is 18.9 Å². The largest absolute Gasteiger partial charge is 0.368 e. The van der Waals surface area contributed by atoms with Crippen LogP contribution < -0.4 is 5.73 Å². The summed E-state index contributed by atoms with van der Waals surface area (Å²) in [6, 6.07) is 7.72. The maximum atomic E-state index is 12.1. The maximum absolute atomic E-state index is 12.1. The second kappa shape index (κ2) is 5.43. The van der Waals surface area contributed by atoms with Crippen molar-refractivity contribution < 1.29 is 9.59 Å². The van der Waals surface area contributed by atoms with Crippen molar-refractivity contribution in [2.75, 3.05) is 6.54 Å². The molecule has 1 aromatic carbocycles. The first-order valence-corrected chi connectivity index (χ1v) is 6.68. The molecule has 19 heavy (non-hydrogen) atoms. The van der Waals surface area contributed by atoms with E-state index in [2.05, 4.69) is 6.07 Å². The number of amides is 2. The Morgan fingerprint density at radius 3 is 2.84 bits per heavy atom. The summed E-state index contributed by atoms with van der Waals surface area (Å²) in [4.78, 5) is 25.1. The fourth-order valence-electron chi connectivity index (χ4n) is 2.76. The number of hydrogen-bond acceptors (Lipinski definition) is 2. The molecule has 1 aliphatic rings. The Morgan fingerprint density at radius 1 is 1.53 bits per heavy atom. The number of nitrogens with two attached hydrogens (primary N) is 1. The van der Waals surface area contributed by atoms with Crippen LogP contribution in [0.5, 0.6) is 0 Å². The molecule has 1 fully saturated rings. The maximum Gasteiger partial charge on any atom is 0.240 e. The van der Waals surface area contributed by atoms with E-state index in [1.165, 1.54) is 5.56 Å². The third kappa shape index (κ3) is 2.78. The Morgan fingerprint density at radius 2 is 2.26 bits per heavy atom. The lowest BCUT2D eigenvalue weighted by atomic mass is 9.97. The fraction of sp³-hybridized carbons (Fsp3) is 0.467. The molecule has 2 rings (SSSR count). The Balaban J connectivity index is 2.17. The minimum atomic E-state index is -0.470. The molecule has 1 aliphatic heterocycles. The Hall–Kier alpha value is -1.84. The standard InChI is InChI=1S/C15H20N2O2/c1-3-13(15(16)19)17-9-12(8-14(17)18)11-6-4-5-10(2)7-11/h4-7,12-13H,3,8-9H2,1-2H3,(H2,16,19). The average molecular weight is 260 g/mol. The topological polar surface area (TPSA) is 63.4 Å². The lowest BCUT2D eigenvalue weighted by molar-refractivity contribution is -0.136. The predicted octanol–water partition coefficient (Wildman–Crippen LogP) is 1.57. The van der Waals surface area contributed by atoms with Gasteiger partial charge in [-0.1, -0.05) is 36.8 Å². The molecule has 102 valence electrons. The van der Waals surface area contributed by atoms with Crippen molar-refractivity contribution in [2.24, 2.45) is 5.73 Å². The van der Waals surface area contributed by atoms with Crippen LogP contribution in [0.25, 0.3) is 0 Å². The van der Waals surface area contributed by atoms with Crippen molar-refractivity contribution in [1.29, 1.82) is 0 Å². The Bertz CT molecular complexity index is 499. The minimum absolute atomic E-state index is 0.0251. The molecule has 0 aliphatic carbocycles. The van der Waals surface area contributed by atoms with Gasteiger partial charge in [0.05, 0.1) is 0 Å². The molecule has 4 heteroatoms. The summed E-state index contributed by atoms with van der Waals surface area (Å²) in [7, 11) is 0. The highest BCUT2D eigenvalue weighted by atomic mass is 16.2. The van der Waals surface area contributed by atoms with E-state index in [1.807, 2.05) is 32.0 Å². The molecule has 0 spiro atoms. The van der Waals surface area contributed by atoms with Crippen molar-refractivity contribution in [1.82, 2.24) is 4.90 Å². The van der Waals surface area contributed by atoms with Crippen LogP contribution in [0.15, 0.2) is 24.3 Å². The molecular formula is C15H20N2O2. The van der Waals surface area contributed by atoms with Gasteiger partial charge in [-0.05, 0) is 18.9 Å². The van der Waals surface area contributed by atoms with Gasteiger partial charge in [0.15, 0.2) is 0 Å². The number of carbonyl (C=O) groups is 2. The van der Waals surface area contributed by atoms with Gasteiger partial charge in [-0.15, -0.1) is 0 Å².